The van der Waals surface area contributed by atoms with Crippen molar-refractivity contribution < 1.29 is 14.3 Å². The summed E-state index contributed by atoms with van der Waals surface area (Å²) in [6.45, 7) is 4.07. The molecule has 2 heterocycles. The zero-order valence-electron chi connectivity index (χ0n) is 19.3. The van der Waals surface area contributed by atoms with E-state index >= 15 is 0 Å². The van der Waals surface area contributed by atoms with Gasteiger partial charge in [-0.2, -0.15) is 0 Å². The van der Waals surface area contributed by atoms with Crippen LogP contribution in [0.3, 0.4) is 0 Å². The minimum absolute atomic E-state index is 0.00210. The Balaban J connectivity index is 1.45. The number of carbonyl (C=O) groups is 2. The maximum Gasteiger partial charge on any atom is 0.338 e. The largest absolute Gasteiger partial charge is 0.457 e. The lowest BCUT2D eigenvalue weighted by molar-refractivity contribution is -0.141. The third-order valence-electron chi connectivity index (χ3n) is 6.11. The number of amides is 1. The summed E-state index contributed by atoms with van der Waals surface area (Å²) < 4.78 is 5.74. The summed E-state index contributed by atoms with van der Waals surface area (Å²) in [6, 6.07) is 17.7. The number of nitrogens with zero attached hydrogens (tertiary/aromatic N) is 2. The molecule has 1 atom stereocenters. The quantitative estimate of drug-likeness (QED) is 0.574. The molecular formula is C27H27N3O3S. The molecule has 0 saturated heterocycles. The Morgan fingerprint density at radius 2 is 1.82 bits per heavy atom. The van der Waals surface area contributed by atoms with Crippen LogP contribution in [-0.2, 0) is 20.9 Å². The number of amidine groups is 1. The molecule has 1 unspecified atom stereocenters. The Bertz CT molecular complexity index is 1200. The fourth-order valence-corrected chi connectivity index (χ4v) is 5.13. The predicted octanol–water partition coefficient (Wildman–Crippen LogP) is 4.98. The first-order valence-corrected chi connectivity index (χ1v) is 12.4. The van der Waals surface area contributed by atoms with Gasteiger partial charge in [0.15, 0.2) is 5.17 Å². The molecule has 1 saturated carbocycles. The van der Waals surface area contributed by atoms with Crippen LogP contribution in [0.15, 0.2) is 82.0 Å². The summed E-state index contributed by atoms with van der Waals surface area (Å²) in [6.07, 6.45) is 2.33. The van der Waals surface area contributed by atoms with Gasteiger partial charge in [0.25, 0.3) is 0 Å². The molecule has 1 N–H and O–H groups in total. The van der Waals surface area contributed by atoms with Crippen molar-refractivity contribution in [1.29, 1.82) is 0 Å². The van der Waals surface area contributed by atoms with Gasteiger partial charge < -0.3 is 15.0 Å². The van der Waals surface area contributed by atoms with E-state index in [-0.39, 0.29) is 18.9 Å². The standard InChI is InChI=1S/C27H27N3O3S/c1-17-8-10-20(11-9-17)25-24(26(32)33-15-19-6-4-3-5-7-19)18(2)28-27-30(25)22(16-34-27)14-23(31)29-21-12-13-21/h3-11,16,21,25H,12-15H2,1-2H3,(H,29,31). The Morgan fingerprint density at radius 1 is 1.09 bits per heavy atom. The van der Waals surface area contributed by atoms with E-state index < -0.39 is 12.0 Å². The van der Waals surface area contributed by atoms with Gasteiger partial charge in [0.05, 0.1) is 23.7 Å². The van der Waals surface area contributed by atoms with Crippen LogP contribution in [0.2, 0.25) is 0 Å². The van der Waals surface area contributed by atoms with E-state index in [9.17, 15) is 9.59 Å². The number of allylic oxidation sites excluding steroid dienone is 1. The van der Waals surface area contributed by atoms with Crippen LogP contribution in [-0.4, -0.2) is 28.0 Å². The summed E-state index contributed by atoms with van der Waals surface area (Å²) in [7, 11) is 0. The Morgan fingerprint density at radius 3 is 2.53 bits per heavy atom. The molecule has 1 fully saturated rings. The molecule has 2 aromatic rings. The summed E-state index contributed by atoms with van der Waals surface area (Å²) in [5.74, 6) is -0.397. The molecule has 3 aliphatic rings. The molecule has 2 aromatic carbocycles. The Labute approximate surface area is 203 Å². The maximum absolute atomic E-state index is 13.4. The third-order valence-corrected chi connectivity index (χ3v) is 7.00. The lowest BCUT2D eigenvalue weighted by Crippen LogP contribution is -2.38. The SMILES string of the molecule is CC1=C(C(=O)OCc2ccccc2)C(c2ccc(C)cc2)N2C(CC(=O)NC3CC3)=CSC2=N1. The first-order valence-electron chi connectivity index (χ1n) is 11.5. The molecule has 34 heavy (non-hydrogen) atoms. The van der Waals surface area contributed by atoms with Crippen molar-refractivity contribution in [2.75, 3.05) is 0 Å². The molecule has 2 aliphatic heterocycles. The highest BCUT2D eigenvalue weighted by Gasteiger charge is 2.41. The summed E-state index contributed by atoms with van der Waals surface area (Å²) in [5, 5.41) is 5.81. The average molecular weight is 474 g/mol. The summed E-state index contributed by atoms with van der Waals surface area (Å²) in [5.41, 5.74) is 5.00. The van der Waals surface area contributed by atoms with Crippen LogP contribution < -0.4 is 5.32 Å². The zero-order valence-corrected chi connectivity index (χ0v) is 20.1. The van der Waals surface area contributed by atoms with E-state index in [1.165, 1.54) is 11.8 Å². The number of thioether (sulfide) groups is 1. The Kier molecular flexibility index (Phi) is 6.28. The number of fused-ring (bicyclic) bond motifs is 1. The minimum atomic E-state index is -0.411. The van der Waals surface area contributed by atoms with Crippen molar-refractivity contribution in [3.05, 3.63) is 93.7 Å². The molecule has 174 valence electrons. The first kappa shape index (κ1) is 22.5. The zero-order chi connectivity index (χ0) is 23.7. The van der Waals surface area contributed by atoms with Gasteiger partial charge in [0, 0.05) is 11.7 Å². The molecule has 6 nitrogen and oxygen atoms in total. The highest BCUT2D eigenvalue weighted by molar-refractivity contribution is 8.16. The van der Waals surface area contributed by atoms with Gasteiger partial charge in [-0.25, -0.2) is 9.79 Å². The van der Waals surface area contributed by atoms with Gasteiger partial charge in [-0.1, -0.05) is 71.9 Å². The van der Waals surface area contributed by atoms with Gasteiger partial charge in [0.1, 0.15) is 6.61 Å². The molecule has 0 radical (unpaired) electrons. The second-order valence-electron chi connectivity index (χ2n) is 8.88. The van der Waals surface area contributed by atoms with Crippen molar-refractivity contribution in [3.63, 3.8) is 0 Å². The molecule has 5 rings (SSSR count). The highest BCUT2D eigenvalue weighted by Crippen LogP contribution is 2.45. The number of carbonyl (C=O) groups excluding carboxylic acids is 2. The second kappa shape index (κ2) is 9.50. The van der Waals surface area contributed by atoms with Crippen LogP contribution in [0.25, 0.3) is 0 Å². The average Bonchev–Trinajstić information content (AvgIpc) is 3.56. The van der Waals surface area contributed by atoms with Crippen LogP contribution in [0.5, 0.6) is 0 Å². The second-order valence-corrected chi connectivity index (χ2v) is 9.72. The van der Waals surface area contributed by atoms with Gasteiger partial charge >= 0.3 is 5.97 Å². The smallest absolute Gasteiger partial charge is 0.338 e. The van der Waals surface area contributed by atoms with Gasteiger partial charge in [-0.05, 0) is 43.2 Å². The molecule has 7 heteroatoms. The third kappa shape index (κ3) is 4.80. The molecule has 1 amide bonds. The highest BCUT2D eigenvalue weighted by atomic mass is 32.2. The van der Waals surface area contributed by atoms with E-state index in [2.05, 4.69) is 5.32 Å². The minimum Gasteiger partial charge on any atom is -0.457 e. The number of aryl methyl sites for hydroxylation is 1. The van der Waals surface area contributed by atoms with Crippen molar-refractivity contribution in [3.8, 4) is 0 Å². The lowest BCUT2D eigenvalue weighted by Gasteiger charge is -2.36. The molecular weight excluding hydrogens is 446 g/mol. The summed E-state index contributed by atoms with van der Waals surface area (Å²) in [4.78, 5) is 32.8. The number of rotatable bonds is 7. The summed E-state index contributed by atoms with van der Waals surface area (Å²) >= 11 is 1.49. The maximum atomic E-state index is 13.4. The predicted molar refractivity (Wildman–Crippen MR) is 134 cm³/mol. The molecule has 0 bridgehead atoms. The number of ether oxygens (including phenoxy) is 1. The van der Waals surface area contributed by atoms with E-state index in [0.717, 1.165) is 40.4 Å². The van der Waals surface area contributed by atoms with Gasteiger partial charge in [-0.15, -0.1) is 0 Å². The normalized spacial score (nSPS) is 19.4. The molecule has 0 spiro atoms. The van der Waals surface area contributed by atoms with Crippen LogP contribution in [0.1, 0.15) is 48.9 Å². The number of nitrogens with one attached hydrogen (secondary N) is 1. The topological polar surface area (TPSA) is 71.0 Å². The number of esters is 1. The number of hydrogen-bond donors (Lipinski definition) is 1. The van der Waals surface area contributed by atoms with E-state index in [1.54, 1.807) is 0 Å². The van der Waals surface area contributed by atoms with Crippen LogP contribution in [0, 0.1) is 6.92 Å². The van der Waals surface area contributed by atoms with E-state index in [4.69, 9.17) is 9.73 Å². The number of aliphatic imine (C=N–C) groups is 1. The lowest BCUT2D eigenvalue weighted by atomic mass is 9.93. The van der Waals surface area contributed by atoms with E-state index in [1.807, 2.05) is 78.8 Å². The van der Waals surface area contributed by atoms with Crippen LogP contribution >= 0.6 is 11.8 Å². The number of benzene rings is 2. The van der Waals surface area contributed by atoms with Gasteiger partial charge in [0.2, 0.25) is 5.91 Å². The van der Waals surface area contributed by atoms with Crippen molar-refractivity contribution in [2.24, 2.45) is 4.99 Å². The Hall–Kier alpha value is -3.32. The monoisotopic (exact) mass is 473 g/mol. The fraction of sp³-hybridized carbons (Fsp3) is 0.296. The number of hydrogen-bond acceptors (Lipinski definition) is 6. The van der Waals surface area contributed by atoms with Crippen molar-refractivity contribution >= 4 is 28.8 Å². The molecule has 0 aromatic heterocycles. The molecule has 1 aliphatic carbocycles. The van der Waals surface area contributed by atoms with Crippen molar-refractivity contribution in [2.45, 2.75) is 51.8 Å². The van der Waals surface area contributed by atoms with Crippen LogP contribution in [0.4, 0.5) is 0 Å². The van der Waals surface area contributed by atoms with E-state index in [0.29, 0.717) is 17.3 Å². The first-order chi connectivity index (χ1) is 16.5. The van der Waals surface area contributed by atoms with Gasteiger partial charge in [-0.3, -0.25) is 4.79 Å². The fourth-order valence-electron chi connectivity index (χ4n) is 4.17. The van der Waals surface area contributed by atoms with Crippen molar-refractivity contribution in [1.82, 2.24) is 10.2 Å².